The number of aliphatic imine (C=N–C) groups is 1. The van der Waals surface area contributed by atoms with Crippen molar-refractivity contribution in [3.05, 3.63) is 135 Å². The molecule has 1 unspecified atom stereocenters. The topological polar surface area (TPSA) is 139 Å². The number of carbonyl (C=O) groups excluding carboxylic acids is 2. The molecule has 1 aliphatic heterocycles. The third-order valence-corrected chi connectivity index (χ3v) is 10.9. The second-order valence-corrected chi connectivity index (χ2v) is 15.8. The van der Waals surface area contributed by atoms with Gasteiger partial charge in [-0.05, 0) is 82.2 Å². The quantitative estimate of drug-likeness (QED) is 0.0492. The number of unbranched alkanes of at least 4 members (excludes halogenated alkanes) is 3. The number of thioether (sulfide) groups is 1. The van der Waals surface area contributed by atoms with Gasteiger partial charge in [-0.1, -0.05) is 115 Å². The highest BCUT2D eigenvalue weighted by Gasteiger charge is 2.34. The maximum absolute atomic E-state index is 13.1. The third kappa shape index (κ3) is 11.5. The Morgan fingerprint density at radius 3 is 2.29 bits per heavy atom. The molecule has 0 saturated carbocycles. The molecular weight excluding hydrogens is 844 g/mol. The summed E-state index contributed by atoms with van der Waals surface area (Å²) in [5.41, 5.74) is 10.7. The van der Waals surface area contributed by atoms with Crippen molar-refractivity contribution >= 4 is 83.7 Å². The van der Waals surface area contributed by atoms with Crippen LogP contribution in [0.25, 0.3) is 10.9 Å². The standard InChI is InChI=1S/C24H18BrN3O.C18H28BrN3O3S/c25-17-11-12-20-18(13-17)19(14-26-20)23-24(29)28-22(16-9-5-2-6-10-16)21(27-23)15-7-3-1-4-8-15;1-3-4-5-6-11-17(23)21-22(16-10-8-7-9-14(16)19)20-15(18(24)25)12-13-26-2/h1-14,21-22,26H,(H,28,29);7-10,15,20H,3-6,11-13H2,1-2H3,(H,21,23)(H,24,25)/t21-,22-;/m0./s1. The minimum absolute atomic E-state index is 0.140. The molecule has 2 amide bonds. The molecule has 0 aliphatic carbocycles. The number of hydrogen-bond donors (Lipinski definition) is 5. The average molecular weight is 891 g/mol. The Kier molecular flexibility index (Phi) is 16.0. The molecule has 0 bridgehead atoms. The largest absolute Gasteiger partial charge is 0.480 e. The number of aliphatic carboxylic acids is 1. The van der Waals surface area contributed by atoms with Gasteiger partial charge in [0.05, 0.1) is 11.7 Å². The Bertz CT molecular complexity index is 2060. The Morgan fingerprint density at radius 2 is 1.62 bits per heavy atom. The number of para-hydroxylation sites is 1. The summed E-state index contributed by atoms with van der Waals surface area (Å²) in [6, 6.07) is 32.2. The predicted octanol–water partition coefficient (Wildman–Crippen LogP) is 9.30. The maximum atomic E-state index is 13.1. The predicted molar refractivity (Wildman–Crippen MR) is 230 cm³/mol. The Hall–Kier alpha value is -4.43. The van der Waals surface area contributed by atoms with Crippen LogP contribution in [0.1, 0.15) is 74.2 Å². The molecule has 5 N–H and O–H groups in total. The van der Waals surface area contributed by atoms with E-state index in [2.05, 4.69) is 72.1 Å². The summed E-state index contributed by atoms with van der Waals surface area (Å²) in [5.74, 6) is -0.544. The summed E-state index contributed by atoms with van der Waals surface area (Å²) in [5, 5.41) is 15.1. The molecule has 6 rings (SSSR count). The van der Waals surface area contributed by atoms with Crippen molar-refractivity contribution in [1.29, 1.82) is 0 Å². The summed E-state index contributed by atoms with van der Waals surface area (Å²) in [6.45, 7) is 2.12. The number of aromatic amines is 1. The maximum Gasteiger partial charge on any atom is 0.322 e. The zero-order chi connectivity index (χ0) is 39.2. The number of H-pyrrole nitrogens is 1. The number of hydrazine groups is 2. The van der Waals surface area contributed by atoms with E-state index >= 15 is 0 Å². The van der Waals surface area contributed by atoms with E-state index in [9.17, 15) is 19.5 Å². The second-order valence-electron chi connectivity index (χ2n) is 13.0. The van der Waals surface area contributed by atoms with E-state index in [1.54, 1.807) is 11.8 Å². The summed E-state index contributed by atoms with van der Waals surface area (Å²) in [4.78, 5) is 45.2. The van der Waals surface area contributed by atoms with E-state index in [1.165, 1.54) is 5.12 Å². The Labute approximate surface area is 343 Å². The van der Waals surface area contributed by atoms with Crippen LogP contribution in [0.15, 0.2) is 123 Å². The van der Waals surface area contributed by atoms with Gasteiger partial charge in [-0.15, -0.1) is 0 Å². The van der Waals surface area contributed by atoms with Gasteiger partial charge in [0.2, 0.25) is 5.91 Å². The van der Waals surface area contributed by atoms with Gasteiger partial charge >= 0.3 is 5.97 Å². The van der Waals surface area contributed by atoms with E-state index in [0.29, 0.717) is 30.0 Å². The van der Waals surface area contributed by atoms with Gasteiger partial charge in [0, 0.05) is 38.0 Å². The fourth-order valence-corrected chi connectivity index (χ4v) is 7.50. The SMILES string of the molecule is CCCCCCC(=O)NN(NC(CCSC)C(=O)O)c1ccccc1Br.O=C1N[C@@H](c2ccccc2)[C@H](c2ccccc2)N=C1c1c[nH]c2ccc(Br)cc12. The number of hydrogen-bond acceptors (Lipinski definition) is 7. The molecule has 0 fully saturated rings. The van der Waals surface area contributed by atoms with E-state index < -0.39 is 12.0 Å². The molecular formula is C42H46Br2N6O4S. The van der Waals surface area contributed by atoms with Crippen LogP contribution in [0.4, 0.5) is 5.69 Å². The molecule has 3 atom stereocenters. The van der Waals surface area contributed by atoms with Crippen LogP contribution in [0, 0.1) is 0 Å². The second kappa shape index (κ2) is 21.0. The fraction of sp³-hybridized carbons (Fsp3) is 0.286. The lowest BCUT2D eigenvalue weighted by atomic mass is 9.91. The fourth-order valence-electron chi connectivity index (χ4n) is 6.21. The first kappa shape index (κ1) is 41.7. The molecule has 2 heterocycles. The monoisotopic (exact) mass is 888 g/mol. The molecule has 0 saturated heterocycles. The number of carbonyl (C=O) groups is 3. The van der Waals surface area contributed by atoms with Crippen molar-refractivity contribution in [3.8, 4) is 0 Å². The van der Waals surface area contributed by atoms with Crippen LogP contribution in [0.5, 0.6) is 0 Å². The van der Waals surface area contributed by atoms with Crippen LogP contribution in [0.3, 0.4) is 0 Å². The van der Waals surface area contributed by atoms with Gasteiger partial charge in [-0.2, -0.15) is 11.8 Å². The van der Waals surface area contributed by atoms with Gasteiger partial charge in [0.15, 0.2) is 0 Å². The van der Waals surface area contributed by atoms with Crippen molar-refractivity contribution in [1.82, 2.24) is 21.2 Å². The molecule has 1 aromatic heterocycles. The van der Waals surface area contributed by atoms with Crippen molar-refractivity contribution in [2.24, 2.45) is 4.99 Å². The number of anilines is 1. The van der Waals surface area contributed by atoms with Crippen molar-refractivity contribution in [2.45, 2.75) is 63.6 Å². The lowest BCUT2D eigenvalue weighted by Gasteiger charge is -2.31. The van der Waals surface area contributed by atoms with Gasteiger partial charge in [-0.3, -0.25) is 24.8 Å². The number of carboxylic acids is 1. The molecule has 10 nitrogen and oxygen atoms in total. The number of carboxylic acid groups (broad SMARTS) is 1. The van der Waals surface area contributed by atoms with E-state index in [1.807, 2.05) is 103 Å². The first-order valence-corrected chi connectivity index (χ1v) is 21.3. The highest BCUT2D eigenvalue weighted by Crippen LogP contribution is 2.36. The van der Waals surface area contributed by atoms with Crippen LogP contribution in [-0.2, 0) is 14.4 Å². The smallest absolute Gasteiger partial charge is 0.322 e. The van der Waals surface area contributed by atoms with Gasteiger partial charge in [0.25, 0.3) is 5.91 Å². The molecule has 55 heavy (non-hydrogen) atoms. The number of amides is 2. The van der Waals surface area contributed by atoms with Gasteiger partial charge in [0.1, 0.15) is 17.8 Å². The molecule has 4 aromatic carbocycles. The van der Waals surface area contributed by atoms with Crippen LogP contribution >= 0.6 is 43.6 Å². The van der Waals surface area contributed by atoms with Crippen LogP contribution in [0.2, 0.25) is 0 Å². The summed E-state index contributed by atoms with van der Waals surface area (Å²) >= 11 is 8.56. The number of fused-ring (bicyclic) bond motifs is 1. The Balaban J connectivity index is 0.000000213. The minimum atomic E-state index is -0.951. The lowest BCUT2D eigenvalue weighted by molar-refractivity contribution is -0.140. The molecule has 0 radical (unpaired) electrons. The van der Waals surface area contributed by atoms with Crippen molar-refractivity contribution < 1.29 is 19.5 Å². The first-order valence-electron chi connectivity index (χ1n) is 18.3. The highest BCUT2D eigenvalue weighted by atomic mass is 79.9. The van der Waals surface area contributed by atoms with E-state index in [0.717, 1.165) is 62.2 Å². The highest BCUT2D eigenvalue weighted by molar-refractivity contribution is 9.10. The zero-order valence-corrected chi connectivity index (χ0v) is 34.8. The number of halogens is 2. The minimum Gasteiger partial charge on any atom is -0.480 e. The lowest BCUT2D eigenvalue weighted by Crippen LogP contribution is -2.57. The normalized spacial score (nSPS) is 15.6. The number of aromatic nitrogens is 1. The summed E-state index contributed by atoms with van der Waals surface area (Å²) in [7, 11) is 0. The number of benzene rings is 4. The number of nitrogens with zero attached hydrogens (tertiary/aromatic N) is 2. The summed E-state index contributed by atoms with van der Waals surface area (Å²) < 4.78 is 1.72. The summed E-state index contributed by atoms with van der Waals surface area (Å²) in [6.07, 6.45) is 8.70. The van der Waals surface area contributed by atoms with E-state index in [4.69, 9.17) is 4.99 Å². The van der Waals surface area contributed by atoms with Crippen molar-refractivity contribution in [2.75, 3.05) is 17.1 Å². The van der Waals surface area contributed by atoms with Gasteiger partial charge < -0.3 is 15.4 Å². The molecule has 0 spiro atoms. The molecule has 1 aliphatic rings. The number of nitrogens with one attached hydrogen (secondary N) is 4. The Morgan fingerprint density at radius 1 is 0.927 bits per heavy atom. The zero-order valence-electron chi connectivity index (χ0n) is 30.8. The van der Waals surface area contributed by atoms with E-state index in [-0.39, 0.29) is 23.9 Å². The van der Waals surface area contributed by atoms with Gasteiger partial charge in [-0.25, -0.2) is 10.5 Å². The number of rotatable bonds is 16. The van der Waals surface area contributed by atoms with Crippen LogP contribution < -0.4 is 21.3 Å². The van der Waals surface area contributed by atoms with Crippen molar-refractivity contribution in [3.63, 3.8) is 0 Å². The molecule has 5 aromatic rings. The first-order chi connectivity index (χ1) is 26.7. The molecule has 288 valence electrons. The van der Waals surface area contributed by atoms with Crippen LogP contribution in [-0.4, -0.2) is 51.6 Å². The average Bonchev–Trinajstić information content (AvgIpc) is 3.61. The third-order valence-electron chi connectivity index (χ3n) is 9.07. The molecule has 13 heteroatoms.